The summed E-state index contributed by atoms with van der Waals surface area (Å²) in [5, 5.41) is 0. The zero-order chi connectivity index (χ0) is 8.27. The molecule has 1 nitrogen and oxygen atoms in total. The molecule has 1 rings (SSSR count). The first-order valence-corrected chi connectivity index (χ1v) is 4.60. The first-order valence-electron chi connectivity index (χ1n) is 4.60. The summed E-state index contributed by atoms with van der Waals surface area (Å²) in [4.78, 5) is 2.52. The second-order valence-corrected chi connectivity index (χ2v) is 3.72. The molecular formula is C10H19N. The van der Waals surface area contributed by atoms with Crippen molar-refractivity contribution in [2.75, 3.05) is 13.1 Å². The van der Waals surface area contributed by atoms with E-state index in [1.165, 1.54) is 25.9 Å². The Bertz CT molecular complexity index is 131. The molecule has 64 valence electrons. The summed E-state index contributed by atoms with van der Waals surface area (Å²) in [7, 11) is 0. The van der Waals surface area contributed by atoms with Gasteiger partial charge in [0.2, 0.25) is 0 Å². The Hall–Kier alpha value is -0.300. The first-order chi connectivity index (χ1) is 5.24. The van der Waals surface area contributed by atoms with E-state index in [4.69, 9.17) is 0 Å². The van der Waals surface area contributed by atoms with Gasteiger partial charge in [0.25, 0.3) is 0 Å². The summed E-state index contributed by atoms with van der Waals surface area (Å²) in [6.07, 6.45) is 4.80. The van der Waals surface area contributed by atoms with Crippen molar-refractivity contribution in [1.29, 1.82) is 0 Å². The van der Waals surface area contributed by atoms with Crippen LogP contribution in [0.5, 0.6) is 0 Å². The normalized spacial score (nSPS) is 29.8. The summed E-state index contributed by atoms with van der Waals surface area (Å²) in [6, 6.07) is 0.567. The predicted molar refractivity (Wildman–Crippen MR) is 49.6 cm³/mol. The minimum Gasteiger partial charge on any atom is -0.297 e. The van der Waals surface area contributed by atoms with Crippen LogP contribution >= 0.6 is 0 Å². The Morgan fingerprint density at radius 2 is 2.36 bits per heavy atom. The lowest BCUT2D eigenvalue weighted by Gasteiger charge is -2.34. The van der Waals surface area contributed by atoms with Gasteiger partial charge in [-0.05, 0) is 32.2 Å². The molecule has 1 aliphatic rings. The average Bonchev–Trinajstić information content (AvgIpc) is 2.03. The second-order valence-electron chi connectivity index (χ2n) is 3.72. The summed E-state index contributed by atoms with van der Waals surface area (Å²) in [6.45, 7) is 10.9. The number of likely N-dealkylation sites (tertiary alicyclic amines) is 1. The Morgan fingerprint density at radius 3 is 2.91 bits per heavy atom. The highest BCUT2D eigenvalue weighted by Crippen LogP contribution is 2.17. The molecular weight excluding hydrogens is 134 g/mol. The Kier molecular flexibility index (Phi) is 3.13. The minimum absolute atomic E-state index is 0.567. The molecule has 0 bridgehead atoms. The van der Waals surface area contributed by atoms with Crippen molar-refractivity contribution in [1.82, 2.24) is 4.90 Å². The van der Waals surface area contributed by atoms with Crippen molar-refractivity contribution in [2.45, 2.75) is 32.7 Å². The maximum atomic E-state index is 3.82. The Morgan fingerprint density at radius 1 is 1.64 bits per heavy atom. The molecule has 0 aromatic carbocycles. The molecule has 0 amide bonds. The highest BCUT2D eigenvalue weighted by atomic mass is 15.2. The zero-order valence-electron chi connectivity index (χ0n) is 7.71. The van der Waals surface area contributed by atoms with E-state index < -0.39 is 0 Å². The van der Waals surface area contributed by atoms with E-state index in [0.717, 1.165) is 5.92 Å². The average molecular weight is 153 g/mol. The van der Waals surface area contributed by atoms with Crippen LogP contribution in [0.4, 0.5) is 0 Å². The molecule has 11 heavy (non-hydrogen) atoms. The van der Waals surface area contributed by atoms with E-state index in [-0.39, 0.29) is 0 Å². The molecule has 0 saturated carbocycles. The van der Waals surface area contributed by atoms with Crippen LogP contribution in [-0.2, 0) is 0 Å². The maximum absolute atomic E-state index is 3.82. The number of rotatable bonds is 2. The van der Waals surface area contributed by atoms with Crippen molar-refractivity contribution in [3.05, 3.63) is 12.7 Å². The zero-order valence-corrected chi connectivity index (χ0v) is 7.71. The quantitative estimate of drug-likeness (QED) is 0.550. The van der Waals surface area contributed by atoms with Crippen LogP contribution in [0.15, 0.2) is 12.7 Å². The topological polar surface area (TPSA) is 3.24 Å². The van der Waals surface area contributed by atoms with Gasteiger partial charge in [0.05, 0.1) is 0 Å². The Labute approximate surface area is 70.1 Å². The summed E-state index contributed by atoms with van der Waals surface area (Å²) in [5.74, 6) is 0.881. The van der Waals surface area contributed by atoms with Crippen molar-refractivity contribution in [3.63, 3.8) is 0 Å². The number of hydrogen-bond donors (Lipinski definition) is 0. The van der Waals surface area contributed by atoms with E-state index in [1.807, 2.05) is 6.08 Å². The number of piperidine rings is 1. The third kappa shape index (κ3) is 2.33. The van der Waals surface area contributed by atoms with Crippen molar-refractivity contribution in [2.24, 2.45) is 5.92 Å². The lowest BCUT2D eigenvalue weighted by Crippen LogP contribution is -2.39. The fraction of sp³-hybridized carbons (Fsp3) is 0.800. The molecule has 1 heterocycles. The van der Waals surface area contributed by atoms with Gasteiger partial charge in [-0.3, -0.25) is 4.90 Å². The molecule has 0 radical (unpaired) electrons. The third-order valence-corrected chi connectivity index (χ3v) is 2.61. The monoisotopic (exact) mass is 153 g/mol. The molecule has 0 N–H and O–H groups in total. The first kappa shape index (κ1) is 8.79. The van der Waals surface area contributed by atoms with Crippen LogP contribution in [0.2, 0.25) is 0 Å². The van der Waals surface area contributed by atoms with Crippen LogP contribution in [0.25, 0.3) is 0 Å². The fourth-order valence-corrected chi connectivity index (χ4v) is 1.74. The van der Waals surface area contributed by atoms with Gasteiger partial charge in [-0.15, -0.1) is 6.58 Å². The Balaban J connectivity index is 2.38. The fourth-order valence-electron chi connectivity index (χ4n) is 1.74. The van der Waals surface area contributed by atoms with Crippen LogP contribution in [0.1, 0.15) is 26.7 Å². The highest BCUT2D eigenvalue weighted by Gasteiger charge is 2.18. The van der Waals surface area contributed by atoms with E-state index in [1.54, 1.807) is 0 Å². The van der Waals surface area contributed by atoms with Crippen molar-refractivity contribution >= 4 is 0 Å². The smallest absolute Gasteiger partial charge is 0.0247 e. The van der Waals surface area contributed by atoms with Crippen LogP contribution in [0.3, 0.4) is 0 Å². The van der Waals surface area contributed by atoms with E-state index >= 15 is 0 Å². The van der Waals surface area contributed by atoms with Gasteiger partial charge in [0.15, 0.2) is 0 Å². The summed E-state index contributed by atoms with van der Waals surface area (Å²) < 4.78 is 0. The van der Waals surface area contributed by atoms with Crippen LogP contribution in [-0.4, -0.2) is 24.0 Å². The van der Waals surface area contributed by atoms with Crippen molar-refractivity contribution < 1.29 is 0 Å². The molecule has 0 spiro atoms. The molecule has 2 atom stereocenters. The van der Waals surface area contributed by atoms with Gasteiger partial charge in [-0.1, -0.05) is 13.0 Å². The number of nitrogens with zero attached hydrogens (tertiary/aromatic N) is 1. The summed E-state index contributed by atoms with van der Waals surface area (Å²) in [5.41, 5.74) is 0. The molecule has 0 aliphatic carbocycles. The predicted octanol–water partition coefficient (Wildman–Crippen LogP) is 2.29. The number of hydrogen-bond acceptors (Lipinski definition) is 1. The molecule has 1 saturated heterocycles. The van der Waals surface area contributed by atoms with Gasteiger partial charge >= 0.3 is 0 Å². The van der Waals surface area contributed by atoms with E-state index in [2.05, 4.69) is 25.3 Å². The standard InChI is InChI=1S/C10H19N/c1-4-10(3)11-7-5-6-9(2)8-11/h4,9-10H,1,5-8H2,2-3H3/t9-,10?/m0/s1. The lowest BCUT2D eigenvalue weighted by atomic mass is 9.99. The van der Waals surface area contributed by atoms with Crippen molar-refractivity contribution in [3.8, 4) is 0 Å². The molecule has 0 aromatic rings. The molecule has 1 aliphatic heterocycles. The molecule has 1 heteroatoms. The van der Waals surface area contributed by atoms with Gasteiger partial charge < -0.3 is 0 Å². The summed E-state index contributed by atoms with van der Waals surface area (Å²) >= 11 is 0. The van der Waals surface area contributed by atoms with Gasteiger partial charge in [0, 0.05) is 12.6 Å². The molecule has 1 unspecified atom stereocenters. The lowest BCUT2D eigenvalue weighted by molar-refractivity contribution is 0.161. The molecule has 0 aromatic heterocycles. The molecule has 1 fully saturated rings. The van der Waals surface area contributed by atoms with Gasteiger partial charge in [-0.25, -0.2) is 0 Å². The third-order valence-electron chi connectivity index (χ3n) is 2.61. The second kappa shape index (κ2) is 3.91. The van der Waals surface area contributed by atoms with E-state index in [0.29, 0.717) is 6.04 Å². The van der Waals surface area contributed by atoms with Gasteiger partial charge in [-0.2, -0.15) is 0 Å². The largest absolute Gasteiger partial charge is 0.297 e. The van der Waals surface area contributed by atoms with Crippen LogP contribution in [0, 0.1) is 5.92 Å². The van der Waals surface area contributed by atoms with E-state index in [9.17, 15) is 0 Å². The van der Waals surface area contributed by atoms with Crippen LogP contribution < -0.4 is 0 Å². The van der Waals surface area contributed by atoms with Gasteiger partial charge in [0.1, 0.15) is 0 Å². The highest BCUT2D eigenvalue weighted by molar-refractivity contribution is 4.86. The SMILES string of the molecule is C=CC(C)N1CCC[C@H](C)C1. The maximum Gasteiger partial charge on any atom is 0.0247 e. The minimum atomic E-state index is 0.567.